The van der Waals surface area contributed by atoms with Gasteiger partial charge >= 0.3 is 0 Å². The van der Waals surface area contributed by atoms with Crippen LogP contribution in [-0.2, 0) is 0 Å². The number of nitrogens with zero attached hydrogens (tertiary/aromatic N) is 2. The number of aromatic nitrogens is 1. The summed E-state index contributed by atoms with van der Waals surface area (Å²) in [5.74, 6) is 0.945. The van der Waals surface area contributed by atoms with Crippen molar-refractivity contribution in [3.63, 3.8) is 0 Å². The van der Waals surface area contributed by atoms with Crippen molar-refractivity contribution < 1.29 is 9.66 Å². The number of pyridine rings is 1. The Morgan fingerprint density at radius 1 is 1.23 bits per heavy atom. The van der Waals surface area contributed by atoms with Crippen LogP contribution in [0, 0.1) is 17.0 Å². The first-order valence-corrected chi connectivity index (χ1v) is 7.33. The molecule has 0 atom stereocenters. The fraction of sp³-hybridized carbons (Fsp3) is 0.267. The van der Waals surface area contributed by atoms with Crippen molar-refractivity contribution in [1.82, 2.24) is 4.98 Å². The third-order valence-electron chi connectivity index (χ3n) is 3.14. The highest BCUT2D eigenvalue weighted by Crippen LogP contribution is 2.39. The van der Waals surface area contributed by atoms with Crippen LogP contribution < -0.4 is 4.74 Å². The molecule has 7 heteroatoms. The van der Waals surface area contributed by atoms with E-state index >= 15 is 0 Å². The Hall–Kier alpha value is -1.85. The SMILES string of the molecule is Cc1ncc(Oc2c(Cl)cc([N+](=O)[O-])cc2Cl)cc1C(C)C. The number of aryl methyl sites for hydroxylation is 1. The zero-order chi connectivity index (χ0) is 16.4. The highest BCUT2D eigenvalue weighted by atomic mass is 35.5. The number of ether oxygens (including phenoxy) is 1. The number of non-ortho nitro benzene ring substituents is 1. The highest BCUT2D eigenvalue weighted by molar-refractivity contribution is 6.37. The Bertz CT molecular complexity index is 710. The molecule has 0 aliphatic heterocycles. The van der Waals surface area contributed by atoms with E-state index in [2.05, 4.69) is 18.8 Å². The van der Waals surface area contributed by atoms with Crippen LogP contribution in [0.15, 0.2) is 24.4 Å². The Labute approximate surface area is 138 Å². The average Bonchev–Trinajstić information content (AvgIpc) is 2.43. The number of halogens is 2. The van der Waals surface area contributed by atoms with E-state index in [1.807, 2.05) is 13.0 Å². The van der Waals surface area contributed by atoms with Gasteiger partial charge in [0.1, 0.15) is 5.75 Å². The van der Waals surface area contributed by atoms with Crippen molar-refractivity contribution in [3.8, 4) is 11.5 Å². The molecule has 0 bridgehead atoms. The molecule has 2 rings (SSSR count). The molecule has 0 spiro atoms. The van der Waals surface area contributed by atoms with Crippen LogP contribution >= 0.6 is 23.2 Å². The van der Waals surface area contributed by atoms with Crippen molar-refractivity contribution in [3.05, 3.63) is 55.8 Å². The Kier molecular flexibility index (Phi) is 4.88. The third kappa shape index (κ3) is 3.48. The van der Waals surface area contributed by atoms with Crippen LogP contribution in [0.5, 0.6) is 11.5 Å². The maximum atomic E-state index is 10.8. The van der Waals surface area contributed by atoms with Crippen LogP contribution in [0.1, 0.15) is 31.0 Å². The van der Waals surface area contributed by atoms with Crippen LogP contribution in [0.3, 0.4) is 0 Å². The first-order chi connectivity index (χ1) is 10.3. The van der Waals surface area contributed by atoms with Gasteiger partial charge in [-0.3, -0.25) is 15.1 Å². The molecular formula is C15H14Cl2N2O3. The average molecular weight is 341 g/mol. The molecule has 0 aliphatic carbocycles. The van der Waals surface area contributed by atoms with Gasteiger partial charge in [0, 0.05) is 17.8 Å². The fourth-order valence-corrected chi connectivity index (χ4v) is 2.59. The summed E-state index contributed by atoms with van der Waals surface area (Å²) in [7, 11) is 0. The Morgan fingerprint density at radius 3 is 2.32 bits per heavy atom. The molecule has 0 aliphatic rings. The summed E-state index contributed by atoms with van der Waals surface area (Å²) in [5.41, 5.74) is 1.78. The second-order valence-corrected chi connectivity index (χ2v) is 5.91. The van der Waals surface area contributed by atoms with Crippen LogP contribution in [0.2, 0.25) is 10.0 Å². The van der Waals surface area contributed by atoms with Crippen LogP contribution in [0.4, 0.5) is 5.69 Å². The Balaban J connectivity index is 2.39. The summed E-state index contributed by atoms with van der Waals surface area (Å²) in [6.07, 6.45) is 1.56. The third-order valence-corrected chi connectivity index (χ3v) is 3.70. The van der Waals surface area contributed by atoms with E-state index in [9.17, 15) is 10.1 Å². The lowest BCUT2D eigenvalue weighted by Gasteiger charge is -2.13. The summed E-state index contributed by atoms with van der Waals surface area (Å²) in [6, 6.07) is 4.27. The summed E-state index contributed by atoms with van der Waals surface area (Å²) < 4.78 is 5.67. The van der Waals surface area contributed by atoms with Gasteiger partial charge in [0.05, 0.1) is 21.2 Å². The van der Waals surface area contributed by atoms with Crippen molar-refractivity contribution in [2.75, 3.05) is 0 Å². The lowest BCUT2D eigenvalue weighted by atomic mass is 10.0. The lowest BCUT2D eigenvalue weighted by Crippen LogP contribution is -1.97. The fourth-order valence-electron chi connectivity index (χ4n) is 2.04. The molecule has 0 N–H and O–H groups in total. The zero-order valence-corrected chi connectivity index (χ0v) is 13.8. The number of hydrogen-bond acceptors (Lipinski definition) is 4. The van der Waals surface area contributed by atoms with Gasteiger partial charge in [-0.25, -0.2) is 0 Å². The van der Waals surface area contributed by atoms with E-state index in [0.29, 0.717) is 11.7 Å². The van der Waals surface area contributed by atoms with E-state index < -0.39 is 4.92 Å². The molecule has 2 aromatic rings. The summed E-state index contributed by atoms with van der Waals surface area (Å²) in [5, 5.41) is 10.9. The second-order valence-electron chi connectivity index (χ2n) is 5.10. The van der Waals surface area contributed by atoms with Crippen molar-refractivity contribution >= 4 is 28.9 Å². The first kappa shape index (κ1) is 16.5. The van der Waals surface area contributed by atoms with Crippen molar-refractivity contribution in [2.24, 2.45) is 0 Å². The van der Waals surface area contributed by atoms with Gasteiger partial charge < -0.3 is 4.74 Å². The number of nitro benzene ring substituents is 1. The van der Waals surface area contributed by atoms with E-state index in [1.54, 1.807) is 6.20 Å². The highest BCUT2D eigenvalue weighted by Gasteiger charge is 2.17. The largest absolute Gasteiger partial charge is 0.453 e. The predicted octanol–water partition coefficient (Wildman–Crippen LogP) is 5.52. The van der Waals surface area contributed by atoms with E-state index in [0.717, 1.165) is 11.3 Å². The normalized spacial score (nSPS) is 10.8. The van der Waals surface area contributed by atoms with Gasteiger partial charge in [0.25, 0.3) is 5.69 Å². The molecule has 0 amide bonds. The smallest absolute Gasteiger partial charge is 0.272 e. The quantitative estimate of drug-likeness (QED) is 0.542. The molecule has 0 saturated heterocycles. The van der Waals surface area contributed by atoms with E-state index in [1.165, 1.54) is 12.1 Å². The number of benzene rings is 1. The molecule has 0 radical (unpaired) electrons. The van der Waals surface area contributed by atoms with Gasteiger partial charge in [-0.2, -0.15) is 0 Å². The zero-order valence-electron chi connectivity index (χ0n) is 12.3. The van der Waals surface area contributed by atoms with Gasteiger partial charge in [0.15, 0.2) is 5.75 Å². The van der Waals surface area contributed by atoms with E-state index in [4.69, 9.17) is 27.9 Å². The minimum absolute atomic E-state index is 0.0749. The number of rotatable bonds is 4. The number of hydrogen-bond donors (Lipinski definition) is 0. The van der Waals surface area contributed by atoms with Gasteiger partial charge in [0.2, 0.25) is 0 Å². The topological polar surface area (TPSA) is 65.3 Å². The minimum Gasteiger partial charge on any atom is -0.453 e. The van der Waals surface area contributed by atoms with Gasteiger partial charge in [-0.1, -0.05) is 37.0 Å². The summed E-state index contributed by atoms with van der Waals surface area (Å²) >= 11 is 12.1. The Morgan fingerprint density at radius 2 is 1.82 bits per heavy atom. The van der Waals surface area contributed by atoms with Gasteiger partial charge in [-0.05, 0) is 24.5 Å². The molecule has 0 fully saturated rings. The molecule has 1 aromatic carbocycles. The second kappa shape index (κ2) is 6.50. The maximum absolute atomic E-state index is 10.8. The summed E-state index contributed by atoms with van der Waals surface area (Å²) in [4.78, 5) is 14.5. The lowest BCUT2D eigenvalue weighted by molar-refractivity contribution is -0.384. The summed E-state index contributed by atoms with van der Waals surface area (Å²) in [6.45, 7) is 6.03. The predicted molar refractivity (Wildman–Crippen MR) is 86.3 cm³/mol. The molecule has 0 saturated carbocycles. The number of nitro groups is 1. The molecule has 5 nitrogen and oxygen atoms in total. The van der Waals surface area contributed by atoms with E-state index in [-0.39, 0.29) is 21.5 Å². The van der Waals surface area contributed by atoms with Crippen LogP contribution in [0.25, 0.3) is 0 Å². The van der Waals surface area contributed by atoms with Crippen LogP contribution in [-0.4, -0.2) is 9.91 Å². The standard InChI is InChI=1S/C15H14Cl2N2O3/c1-8(2)12-6-11(7-18-9(12)3)22-15-13(16)4-10(19(20)21)5-14(15)17/h4-8H,1-3H3. The molecule has 0 unspecified atom stereocenters. The monoisotopic (exact) mass is 340 g/mol. The first-order valence-electron chi connectivity index (χ1n) is 6.57. The van der Waals surface area contributed by atoms with Crippen molar-refractivity contribution in [2.45, 2.75) is 26.7 Å². The van der Waals surface area contributed by atoms with Gasteiger partial charge in [-0.15, -0.1) is 0 Å². The minimum atomic E-state index is -0.564. The molecule has 22 heavy (non-hydrogen) atoms. The molecule has 1 heterocycles. The van der Waals surface area contributed by atoms with Crippen molar-refractivity contribution in [1.29, 1.82) is 0 Å². The molecule has 1 aromatic heterocycles. The maximum Gasteiger partial charge on any atom is 0.272 e. The molecule has 116 valence electrons. The molecular weight excluding hydrogens is 327 g/mol.